The highest BCUT2D eigenvalue weighted by Crippen LogP contribution is 2.29. The fourth-order valence-corrected chi connectivity index (χ4v) is 1.33. The summed E-state index contributed by atoms with van der Waals surface area (Å²) in [6, 6.07) is -0.385. The first-order valence-electron chi connectivity index (χ1n) is 3.39. The summed E-state index contributed by atoms with van der Waals surface area (Å²) >= 11 is 0. The Morgan fingerprint density at radius 1 is 1.60 bits per heavy atom. The molecule has 10 heavy (non-hydrogen) atoms. The van der Waals surface area contributed by atoms with E-state index in [2.05, 4.69) is 5.32 Å². The lowest BCUT2D eigenvalue weighted by molar-refractivity contribution is -0.139. The topological polar surface area (TPSA) is 61.9 Å². The molecule has 2 saturated heterocycles. The summed E-state index contributed by atoms with van der Waals surface area (Å²) in [5.41, 5.74) is 0. The number of hydrogen-bond acceptors (Lipinski definition) is 3. The molecule has 56 valence electrons. The number of piperidine rings is 1. The molecule has 2 aliphatic rings. The molecule has 0 amide bonds. The number of hydrogen-bond donors (Lipinski definition) is 2. The maximum Gasteiger partial charge on any atom is 0.320 e. The molecular formula is C6H9NO3. The van der Waals surface area contributed by atoms with Crippen molar-refractivity contribution in [1.29, 1.82) is 0 Å². The zero-order valence-corrected chi connectivity index (χ0v) is 5.41. The van der Waals surface area contributed by atoms with Gasteiger partial charge in [0.2, 0.25) is 0 Å². The predicted molar refractivity (Wildman–Crippen MR) is 32.7 cm³/mol. The van der Waals surface area contributed by atoms with Crippen molar-refractivity contribution in [3.05, 3.63) is 0 Å². The summed E-state index contributed by atoms with van der Waals surface area (Å²) in [4.78, 5) is 10.4. The van der Waals surface area contributed by atoms with Crippen LogP contribution in [0.5, 0.6) is 0 Å². The summed E-state index contributed by atoms with van der Waals surface area (Å²) in [5, 5.41) is 11.4. The number of rotatable bonds is 1. The molecule has 2 N–H and O–H groups in total. The van der Waals surface area contributed by atoms with Gasteiger partial charge in [-0.1, -0.05) is 0 Å². The van der Waals surface area contributed by atoms with Gasteiger partial charge in [-0.15, -0.1) is 0 Å². The SMILES string of the molecule is O=C(O)[C@@H]1C[C@@H]2O[C@@H]2CN1. The smallest absolute Gasteiger partial charge is 0.320 e. The van der Waals surface area contributed by atoms with Crippen LogP contribution in [0.25, 0.3) is 0 Å². The van der Waals surface area contributed by atoms with Crippen LogP contribution >= 0.6 is 0 Å². The molecule has 2 heterocycles. The van der Waals surface area contributed by atoms with E-state index in [0.29, 0.717) is 19.1 Å². The first-order chi connectivity index (χ1) is 4.77. The second kappa shape index (κ2) is 1.93. The lowest BCUT2D eigenvalue weighted by atomic mass is 10.1. The van der Waals surface area contributed by atoms with Crippen molar-refractivity contribution in [2.45, 2.75) is 24.7 Å². The van der Waals surface area contributed by atoms with E-state index in [1.807, 2.05) is 0 Å². The lowest BCUT2D eigenvalue weighted by Crippen LogP contribution is -2.43. The molecule has 0 unspecified atom stereocenters. The standard InChI is InChI=1S/C6H9NO3/c8-6(9)3-1-4-5(10-4)2-7-3/h3-5,7H,1-2H2,(H,8,9)/t3-,4-,5+/m0/s1. The van der Waals surface area contributed by atoms with Crippen molar-refractivity contribution in [2.24, 2.45) is 0 Å². The summed E-state index contributed by atoms with van der Waals surface area (Å²) in [6.07, 6.45) is 1.15. The van der Waals surface area contributed by atoms with Gasteiger partial charge in [-0.05, 0) is 0 Å². The zero-order valence-electron chi connectivity index (χ0n) is 5.41. The third-order valence-electron chi connectivity index (χ3n) is 2.02. The number of nitrogens with one attached hydrogen (secondary N) is 1. The molecule has 2 aliphatic heterocycles. The van der Waals surface area contributed by atoms with Crippen LogP contribution < -0.4 is 5.32 Å². The lowest BCUT2D eigenvalue weighted by Gasteiger charge is -2.15. The van der Waals surface area contributed by atoms with Gasteiger partial charge in [-0.25, -0.2) is 0 Å². The van der Waals surface area contributed by atoms with Crippen molar-refractivity contribution in [2.75, 3.05) is 6.54 Å². The Morgan fingerprint density at radius 2 is 2.40 bits per heavy atom. The van der Waals surface area contributed by atoms with Crippen LogP contribution in [0.2, 0.25) is 0 Å². The summed E-state index contributed by atoms with van der Waals surface area (Å²) in [6.45, 7) is 0.696. The molecule has 0 bridgehead atoms. The normalized spacial score (nSPS) is 44.2. The number of epoxide rings is 1. The minimum Gasteiger partial charge on any atom is -0.480 e. The molecule has 4 nitrogen and oxygen atoms in total. The van der Waals surface area contributed by atoms with Gasteiger partial charge in [0.25, 0.3) is 0 Å². The zero-order chi connectivity index (χ0) is 7.14. The Kier molecular flexibility index (Phi) is 1.18. The van der Waals surface area contributed by atoms with Gasteiger partial charge in [-0.2, -0.15) is 0 Å². The minimum absolute atomic E-state index is 0.224. The number of carbonyl (C=O) groups is 1. The van der Waals surface area contributed by atoms with Crippen molar-refractivity contribution in [3.63, 3.8) is 0 Å². The Hall–Kier alpha value is -0.610. The third kappa shape index (κ3) is 0.892. The number of ether oxygens (including phenoxy) is 1. The van der Waals surface area contributed by atoms with Gasteiger partial charge < -0.3 is 15.2 Å². The first-order valence-corrected chi connectivity index (χ1v) is 3.39. The van der Waals surface area contributed by atoms with Gasteiger partial charge in [0.05, 0.1) is 12.2 Å². The molecule has 0 spiro atoms. The van der Waals surface area contributed by atoms with E-state index >= 15 is 0 Å². The fourth-order valence-electron chi connectivity index (χ4n) is 1.33. The van der Waals surface area contributed by atoms with Crippen LogP contribution in [-0.2, 0) is 9.53 Å². The molecule has 2 fully saturated rings. The molecule has 0 aliphatic carbocycles. The van der Waals surface area contributed by atoms with Crippen molar-refractivity contribution in [3.8, 4) is 0 Å². The molecule has 0 aromatic carbocycles. The van der Waals surface area contributed by atoms with Crippen LogP contribution in [0.3, 0.4) is 0 Å². The first kappa shape index (κ1) is 6.12. The molecule has 0 saturated carbocycles. The summed E-state index contributed by atoms with van der Waals surface area (Å²) in [7, 11) is 0. The van der Waals surface area contributed by atoms with Gasteiger partial charge in [0, 0.05) is 13.0 Å². The number of carboxylic acids is 1. The van der Waals surface area contributed by atoms with Gasteiger partial charge in [0.1, 0.15) is 6.04 Å². The van der Waals surface area contributed by atoms with Crippen LogP contribution in [0, 0.1) is 0 Å². The minimum atomic E-state index is -0.769. The van der Waals surface area contributed by atoms with Gasteiger partial charge >= 0.3 is 5.97 Å². The third-order valence-corrected chi connectivity index (χ3v) is 2.02. The average Bonchev–Trinajstić information content (AvgIpc) is 2.63. The Labute approximate surface area is 58.2 Å². The Bertz CT molecular complexity index is 170. The van der Waals surface area contributed by atoms with E-state index in [1.54, 1.807) is 0 Å². The van der Waals surface area contributed by atoms with E-state index in [0.717, 1.165) is 0 Å². The maximum absolute atomic E-state index is 10.4. The number of aliphatic carboxylic acids is 1. The monoisotopic (exact) mass is 143 g/mol. The van der Waals surface area contributed by atoms with Gasteiger partial charge in [-0.3, -0.25) is 4.79 Å². The van der Waals surface area contributed by atoms with Gasteiger partial charge in [0.15, 0.2) is 0 Å². The van der Waals surface area contributed by atoms with Crippen LogP contribution in [0.4, 0.5) is 0 Å². The number of carboxylic acid groups (broad SMARTS) is 1. The molecule has 0 aromatic rings. The molecule has 4 heteroatoms. The maximum atomic E-state index is 10.4. The average molecular weight is 143 g/mol. The Morgan fingerprint density at radius 3 is 3.00 bits per heavy atom. The van der Waals surface area contributed by atoms with E-state index in [4.69, 9.17) is 9.84 Å². The van der Waals surface area contributed by atoms with Crippen molar-refractivity contribution in [1.82, 2.24) is 5.32 Å². The second-order valence-electron chi connectivity index (χ2n) is 2.75. The van der Waals surface area contributed by atoms with Crippen molar-refractivity contribution >= 4 is 5.97 Å². The van der Waals surface area contributed by atoms with E-state index in [-0.39, 0.29) is 12.1 Å². The summed E-state index contributed by atoms with van der Waals surface area (Å²) < 4.78 is 5.13. The second-order valence-corrected chi connectivity index (χ2v) is 2.75. The highest BCUT2D eigenvalue weighted by atomic mass is 16.6. The molecule has 0 radical (unpaired) electrons. The summed E-state index contributed by atoms with van der Waals surface area (Å²) in [5.74, 6) is -0.769. The van der Waals surface area contributed by atoms with E-state index in [1.165, 1.54) is 0 Å². The number of fused-ring (bicyclic) bond motifs is 1. The molecular weight excluding hydrogens is 134 g/mol. The molecule has 2 rings (SSSR count). The highest BCUT2D eigenvalue weighted by Gasteiger charge is 2.45. The predicted octanol–water partition coefficient (Wildman–Crippen LogP) is -0.800. The quantitative estimate of drug-likeness (QED) is 0.472. The van der Waals surface area contributed by atoms with Crippen LogP contribution in [0.15, 0.2) is 0 Å². The molecule has 3 atom stereocenters. The van der Waals surface area contributed by atoms with Crippen LogP contribution in [-0.4, -0.2) is 35.9 Å². The fraction of sp³-hybridized carbons (Fsp3) is 0.833. The largest absolute Gasteiger partial charge is 0.480 e. The molecule has 0 aromatic heterocycles. The van der Waals surface area contributed by atoms with Crippen molar-refractivity contribution < 1.29 is 14.6 Å². The van der Waals surface area contributed by atoms with Crippen LogP contribution in [0.1, 0.15) is 6.42 Å². The Balaban J connectivity index is 1.94. The van der Waals surface area contributed by atoms with E-state index in [9.17, 15) is 4.79 Å². The van der Waals surface area contributed by atoms with E-state index < -0.39 is 5.97 Å². The highest BCUT2D eigenvalue weighted by molar-refractivity contribution is 5.73.